The Kier molecular flexibility index (Phi) is 5.77. The molecule has 7 heteroatoms. The summed E-state index contributed by atoms with van der Waals surface area (Å²) >= 11 is 0. The lowest BCUT2D eigenvalue weighted by Gasteiger charge is -2.36. The van der Waals surface area contributed by atoms with Gasteiger partial charge in [-0.25, -0.2) is 0 Å². The van der Waals surface area contributed by atoms with Gasteiger partial charge < -0.3 is 16.0 Å². The number of non-ortho nitro benzene ring substituents is 1. The number of nitrogens with one attached hydrogen (secondary N) is 1. The van der Waals surface area contributed by atoms with Crippen molar-refractivity contribution in [2.24, 2.45) is 17.6 Å². The highest BCUT2D eigenvalue weighted by Gasteiger charge is 2.23. The number of primary amides is 1. The maximum absolute atomic E-state index is 11.6. The van der Waals surface area contributed by atoms with Crippen LogP contribution >= 0.6 is 0 Å². The molecule has 0 aliphatic carbocycles. The van der Waals surface area contributed by atoms with E-state index in [1.54, 1.807) is 6.07 Å². The lowest BCUT2D eigenvalue weighted by Crippen LogP contribution is -2.43. The second kappa shape index (κ2) is 7.61. The number of nitro groups is 1. The first-order valence-electron chi connectivity index (χ1n) is 8.33. The number of amides is 1. The smallest absolute Gasteiger partial charge is 0.270 e. The zero-order valence-electron chi connectivity index (χ0n) is 14.5. The van der Waals surface area contributed by atoms with E-state index in [9.17, 15) is 14.9 Å². The van der Waals surface area contributed by atoms with Crippen LogP contribution in [0.5, 0.6) is 0 Å². The molecule has 3 unspecified atom stereocenters. The Morgan fingerprint density at radius 3 is 2.58 bits per heavy atom. The summed E-state index contributed by atoms with van der Waals surface area (Å²) in [6.07, 6.45) is 1.26. The van der Waals surface area contributed by atoms with Crippen molar-refractivity contribution in [1.29, 1.82) is 0 Å². The van der Waals surface area contributed by atoms with Crippen LogP contribution in [0.1, 0.15) is 37.6 Å². The molecule has 3 N–H and O–H groups in total. The number of carbonyl (C=O) groups excluding carboxylic acids is 1. The average molecular weight is 334 g/mol. The number of anilines is 1. The van der Waals surface area contributed by atoms with E-state index in [1.165, 1.54) is 18.6 Å². The fourth-order valence-corrected chi connectivity index (χ4v) is 3.62. The third-order valence-corrected chi connectivity index (χ3v) is 4.36. The molecule has 7 nitrogen and oxygen atoms in total. The third kappa shape index (κ3) is 4.67. The van der Waals surface area contributed by atoms with Crippen LogP contribution in [0.4, 0.5) is 11.4 Å². The highest BCUT2D eigenvalue weighted by Crippen LogP contribution is 2.24. The van der Waals surface area contributed by atoms with E-state index in [0.29, 0.717) is 17.5 Å². The van der Waals surface area contributed by atoms with Crippen molar-refractivity contribution in [3.63, 3.8) is 0 Å². The van der Waals surface area contributed by atoms with Gasteiger partial charge in [0.25, 0.3) is 11.6 Å². The van der Waals surface area contributed by atoms with Crippen molar-refractivity contribution in [1.82, 2.24) is 4.90 Å². The molecule has 1 aliphatic rings. The Balaban J connectivity index is 2.06. The molecule has 1 saturated heterocycles. The minimum Gasteiger partial charge on any atom is -0.381 e. The van der Waals surface area contributed by atoms with Crippen LogP contribution < -0.4 is 11.1 Å². The summed E-state index contributed by atoms with van der Waals surface area (Å²) in [5, 5.41) is 14.1. The molecule has 0 saturated carbocycles. The summed E-state index contributed by atoms with van der Waals surface area (Å²) in [6, 6.07) is 4.26. The van der Waals surface area contributed by atoms with Crippen molar-refractivity contribution in [3.8, 4) is 0 Å². The van der Waals surface area contributed by atoms with E-state index in [2.05, 4.69) is 24.1 Å². The van der Waals surface area contributed by atoms with Crippen LogP contribution in [0.2, 0.25) is 0 Å². The van der Waals surface area contributed by atoms with Crippen LogP contribution in [0, 0.1) is 22.0 Å². The Bertz CT molecular complexity index is 610. The van der Waals surface area contributed by atoms with E-state index in [0.717, 1.165) is 19.6 Å². The van der Waals surface area contributed by atoms with Crippen molar-refractivity contribution < 1.29 is 9.72 Å². The van der Waals surface area contributed by atoms with Crippen molar-refractivity contribution >= 4 is 17.3 Å². The Hall–Kier alpha value is -2.15. The normalized spacial score (nSPS) is 22.8. The number of piperidine rings is 1. The second-order valence-corrected chi connectivity index (χ2v) is 7.06. The molecule has 0 spiro atoms. The van der Waals surface area contributed by atoms with E-state index >= 15 is 0 Å². The second-order valence-electron chi connectivity index (χ2n) is 7.06. The number of benzene rings is 1. The van der Waals surface area contributed by atoms with Gasteiger partial charge in [0, 0.05) is 43.5 Å². The highest BCUT2D eigenvalue weighted by molar-refractivity contribution is 5.99. The van der Waals surface area contributed by atoms with E-state index in [4.69, 9.17) is 5.73 Å². The van der Waals surface area contributed by atoms with Gasteiger partial charge in [-0.05, 0) is 31.2 Å². The maximum Gasteiger partial charge on any atom is 0.270 e. The van der Waals surface area contributed by atoms with Crippen LogP contribution in [-0.2, 0) is 0 Å². The molecule has 0 radical (unpaired) electrons. The molecule has 0 bridgehead atoms. The number of nitrogens with two attached hydrogens (primary N) is 1. The molecule has 1 fully saturated rings. The van der Waals surface area contributed by atoms with Crippen LogP contribution in [-0.4, -0.2) is 41.4 Å². The summed E-state index contributed by atoms with van der Waals surface area (Å²) in [5.74, 6) is 0.691. The first kappa shape index (κ1) is 18.2. The maximum atomic E-state index is 11.6. The van der Waals surface area contributed by atoms with Crippen LogP contribution in [0.25, 0.3) is 0 Å². The van der Waals surface area contributed by atoms with Crippen molar-refractivity contribution in [2.45, 2.75) is 33.2 Å². The first-order valence-corrected chi connectivity index (χ1v) is 8.33. The fraction of sp³-hybridized carbons (Fsp3) is 0.588. The fourth-order valence-electron chi connectivity index (χ4n) is 3.62. The molecular formula is C17H26N4O3. The topological polar surface area (TPSA) is 102 Å². The quantitative estimate of drug-likeness (QED) is 0.614. The van der Waals surface area contributed by atoms with Gasteiger partial charge in [0.2, 0.25) is 0 Å². The molecule has 1 aliphatic heterocycles. The molecule has 2 rings (SSSR count). The number of likely N-dealkylation sites (tertiary alicyclic amines) is 1. The lowest BCUT2D eigenvalue weighted by atomic mass is 9.91. The number of nitro benzene ring substituents is 1. The molecule has 1 amide bonds. The molecule has 24 heavy (non-hydrogen) atoms. The first-order chi connectivity index (χ1) is 11.3. The van der Waals surface area contributed by atoms with Crippen LogP contribution in [0.15, 0.2) is 18.2 Å². The van der Waals surface area contributed by atoms with Gasteiger partial charge in [0.1, 0.15) is 0 Å². The van der Waals surface area contributed by atoms with E-state index in [1.807, 2.05) is 6.92 Å². The minimum absolute atomic E-state index is 0.0991. The molecular weight excluding hydrogens is 308 g/mol. The minimum atomic E-state index is -0.673. The van der Waals surface area contributed by atoms with Gasteiger partial charge in [-0.3, -0.25) is 14.9 Å². The average Bonchev–Trinajstić information content (AvgIpc) is 2.45. The summed E-state index contributed by atoms with van der Waals surface area (Å²) in [5.41, 5.74) is 5.92. The van der Waals surface area contributed by atoms with Gasteiger partial charge in [-0.1, -0.05) is 13.8 Å². The van der Waals surface area contributed by atoms with Gasteiger partial charge >= 0.3 is 0 Å². The van der Waals surface area contributed by atoms with Crippen LogP contribution in [0.3, 0.4) is 0 Å². The Morgan fingerprint density at radius 1 is 1.42 bits per heavy atom. The standard InChI is InChI=1S/C17H26N4O3/c1-11-6-12(2)9-20(8-11)10-13(3)19-16-5-4-14(21(23)24)7-15(16)17(18)22/h4-5,7,11-13,19H,6,8-10H2,1-3H3,(H2,18,22). The van der Waals surface area contributed by atoms with E-state index < -0.39 is 10.8 Å². The third-order valence-electron chi connectivity index (χ3n) is 4.36. The SMILES string of the molecule is CC1CC(C)CN(CC(C)Nc2ccc([N+](=O)[O-])cc2C(N)=O)C1. The molecule has 0 aromatic heterocycles. The van der Waals surface area contributed by atoms with Gasteiger partial charge in [-0.15, -0.1) is 0 Å². The predicted molar refractivity (Wildman–Crippen MR) is 94.1 cm³/mol. The zero-order chi connectivity index (χ0) is 17.9. The van der Waals surface area contributed by atoms with E-state index in [-0.39, 0.29) is 17.3 Å². The molecule has 3 atom stereocenters. The lowest BCUT2D eigenvalue weighted by molar-refractivity contribution is -0.384. The molecule has 1 aromatic rings. The largest absolute Gasteiger partial charge is 0.381 e. The summed E-state index contributed by atoms with van der Waals surface area (Å²) in [6.45, 7) is 9.56. The number of nitrogens with zero attached hydrogens (tertiary/aromatic N) is 2. The number of carbonyl (C=O) groups is 1. The zero-order valence-corrected chi connectivity index (χ0v) is 14.5. The van der Waals surface area contributed by atoms with Gasteiger partial charge in [-0.2, -0.15) is 0 Å². The Labute approximate surface area is 142 Å². The summed E-state index contributed by atoms with van der Waals surface area (Å²) < 4.78 is 0. The number of hydrogen-bond acceptors (Lipinski definition) is 5. The predicted octanol–water partition coefficient (Wildman–Crippen LogP) is 2.47. The molecule has 132 valence electrons. The van der Waals surface area contributed by atoms with Gasteiger partial charge in [0.05, 0.1) is 10.5 Å². The number of hydrogen-bond donors (Lipinski definition) is 2. The monoisotopic (exact) mass is 334 g/mol. The van der Waals surface area contributed by atoms with Gasteiger partial charge in [0.15, 0.2) is 0 Å². The molecule has 1 aromatic carbocycles. The molecule has 1 heterocycles. The van der Waals surface area contributed by atoms with Crippen molar-refractivity contribution in [3.05, 3.63) is 33.9 Å². The highest BCUT2D eigenvalue weighted by atomic mass is 16.6. The van der Waals surface area contributed by atoms with Crippen molar-refractivity contribution in [2.75, 3.05) is 25.0 Å². The summed E-state index contributed by atoms with van der Waals surface area (Å²) in [4.78, 5) is 24.4. The summed E-state index contributed by atoms with van der Waals surface area (Å²) in [7, 11) is 0. The number of rotatable bonds is 6. The Morgan fingerprint density at radius 2 is 2.04 bits per heavy atom.